The molecule has 0 aliphatic rings. The van der Waals surface area contributed by atoms with Gasteiger partial charge in [-0.05, 0) is 114 Å². The largest absolute Gasteiger partial charge is 0.456 e. The van der Waals surface area contributed by atoms with Crippen LogP contribution in [0.1, 0.15) is 0 Å². The second kappa shape index (κ2) is 11.4. The lowest BCUT2D eigenvalue weighted by Gasteiger charge is -2.18. The molecular weight excluding hydrogens is 673 g/mol. The van der Waals surface area contributed by atoms with Gasteiger partial charge in [0.05, 0.1) is 0 Å². The van der Waals surface area contributed by atoms with Crippen molar-refractivity contribution in [1.29, 1.82) is 0 Å². The number of hydrogen-bond donors (Lipinski definition) is 0. The van der Waals surface area contributed by atoms with Crippen LogP contribution >= 0.6 is 11.3 Å². The highest BCUT2D eigenvalue weighted by atomic mass is 32.1. The molecule has 0 aliphatic carbocycles. The van der Waals surface area contributed by atoms with E-state index < -0.39 is 0 Å². The predicted molar refractivity (Wildman–Crippen MR) is 233 cm³/mol. The van der Waals surface area contributed by atoms with Crippen LogP contribution in [0.2, 0.25) is 0 Å². The summed E-state index contributed by atoms with van der Waals surface area (Å²) in [5, 5.41) is 14.9. The first-order valence-electron chi connectivity index (χ1n) is 18.5. The number of furan rings is 1. The Balaban J connectivity index is 1.06. The van der Waals surface area contributed by atoms with Crippen molar-refractivity contribution in [3.63, 3.8) is 0 Å². The smallest absolute Gasteiger partial charge is 0.136 e. The van der Waals surface area contributed by atoms with E-state index in [1.165, 1.54) is 96.6 Å². The number of hydrogen-bond acceptors (Lipinski definition) is 2. The zero-order chi connectivity index (χ0) is 35.3. The lowest BCUT2D eigenvalue weighted by Crippen LogP contribution is -1.91. The Kier molecular flexibility index (Phi) is 6.28. The van der Waals surface area contributed by atoms with Gasteiger partial charge in [0, 0.05) is 36.3 Å². The Bertz CT molecular complexity index is 3450. The van der Waals surface area contributed by atoms with Gasteiger partial charge in [-0.15, -0.1) is 11.3 Å². The number of benzene rings is 10. The highest BCUT2D eigenvalue weighted by Gasteiger charge is 2.19. The third-order valence-corrected chi connectivity index (χ3v) is 12.6. The third kappa shape index (κ3) is 4.38. The Hall–Kier alpha value is -6.74. The Morgan fingerprint density at radius 3 is 1.67 bits per heavy atom. The van der Waals surface area contributed by atoms with Gasteiger partial charge in [0.2, 0.25) is 0 Å². The highest BCUT2D eigenvalue weighted by Crippen LogP contribution is 2.46. The molecule has 0 saturated carbocycles. The number of rotatable bonds is 3. The minimum Gasteiger partial charge on any atom is -0.456 e. The van der Waals surface area contributed by atoms with Crippen molar-refractivity contribution >= 4 is 96.5 Å². The SMILES string of the molecule is c1cc(-c2ccc3ccccc3c2)cc(-c2c3ccccc3c(-c3ccc4oc5cc6c(ccc7c8ccccc8sc67)cc5c4c3)c3ccccc23)c1. The van der Waals surface area contributed by atoms with Gasteiger partial charge in [-0.25, -0.2) is 0 Å². The number of fused-ring (bicyclic) bond motifs is 11. The molecule has 0 atom stereocenters. The van der Waals surface area contributed by atoms with Crippen molar-refractivity contribution in [1.82, 2.24) is 0 Å². The van der Waals surface area contributed by atoms with Crippen molar-refractivity contribution < 1.29 is 4.42 Å². The maximum atomic E-state index is 6.60. The van der Waals surface area contributed by atoms with Gasteiger partial charge in [-0.2, -0.15) is 0 Å². The molecule has 0 amide bonds. The van der Waals surface area contributed by atoms with Gasteiger partial charge in [-0.3, -0.25) is 0 Å². The second-order valence-corrected chi connectivity index (χ2v) is 15.5. The van der Waals surface area contributed by atoms with E-state index in [4.69, 9.17) is 4.42 Å². The molecule has 0 fully saturated rings. The zero-order valence-corrected chi connectivity index (χ0v) is 30.0. The van der Waals surface area contributed by atoms with Crippen molar-refractivity contribution in [2.24, 2.45) is 0 Å². The summed E-state index contributed by atoms with van der Waals surface area (Å²) in [6.07, 6.45) is 0. The molecule has 250 valence electrons. The van der Waals surface area contributed by atoms with Crippen LogP contribution < -0.4 is 0 Å². The first-order valence-corrected chi connectivity index (χ1v) is 19.3. The van der Waals surface area contributed by atoms with Crippen molar-refractivity contribution in [3.8, 4) is 33.4 Å². The molecule has 2 heterocycles. The average molecular weight is 703 g/mol. The van der Waals surface area contributed by atoms with Crippen LogP contribution in [0.15, 0.2) is 186 Å². The van der Waals surface area contributed by atoms with E-state index >= 15 is 0 Å². The van der Waals surface area contributed by atoms with Gasteiger partial charge < -0.3 is 4.42 Å². The van der Waals surface area contributed by atoms with Gasteiger partial charge >= 0.3 is 0 Å². The summed E-state index contributed by atoms with van der Waals surface area (Å²) in [7, 11) is 0. The lowest BCUT2D eigenvalue weighted by atomic mass is 9.85. The Labute approximate surface area is 314 Å². The van der Waals surface area contributed by atoms with Crippen LogP contribution in [0.3, 0.4) is 0 Å². The molecule has 1 nitrogen and oxygen atoms in total. The fourth-order valence-corrected chi connectivity index (χ4v) is 10.1. The van der Waals surface area contributed by atoms with Gasteiger partial charge in [0.15, 0.2) is 0 Å². The molecule has 0 unspecified atom stereocenters. The van der Waals surface area contributed by atoms with Crippen LogP contribution in [0, 0.1) is 0 Å². The van der Waals surface area contributed by atoms with Crippen molar-refractivity contribution in [3.05, 3.63) is 182 Å². The zero-order valence-electron chi connectivity index (χ0n) is 29.1. The summed E-state index contributed by atoms with van der Waals surface area (Å²) in [5.41, 5.74) is 9.20. The Morgan fingerprint density at radius 1 is 0.296 bits per heavy atom. The van der Waals surface area contributed by atoms with Gasteiger partial charge in [0.25, 0.3) is 0 Å². The molecule has 0 N–H and O–H groups in total. The van der Waals surface area contributed by atoms with Gasteiger partial charge in [-0.1, -0.05) is 140 Å². The molecule has 2 aromatic heterocycles. The summed E-state index contributed by atoms with van der Waals surface area (Å²) >= 11 is 1.87. The summed E-state index contributed by atoms with van der Waals surface area (Å²) in [6.45, 7) is 0. The van der Waals surface area contributed by atoms with Crippen LogP contribution in [-0.4, -0.2) is 0 Å². The monoisotopic (exact) mass is 702 g/mol. The fraction of sp³-hybridized carbons (Fsp3) is 0. The fourth-order valence-electron chi connectivity index (χ4n) is 8.91. The topological polar surface area (TPSA) is 13.1 Å². The first kappa shape index (κ1) is 29.8. The van der Waals surface area contributed by atoms with Crippen LogP contribution in [0.25, 0.3) is 119 Å². The van der Waals surface area contributed by atoms with E-state index in [1.54, 1.807) is 0 Å². The minimum atomic E-state index is 0.910. The van der Waals surface area contributed by atoms with Crippen LogP contribution in [0.5, 0.6) is 0 Å². The van der Waals surface area contributed by atoms with E-state index in [0.29, 0.717) is 0 Å². The molecule has 0 radical (unpaired) electrons. The summed E-state index contributed by atoms with van der Waals surface area (Å²) < 4.78 is 9.24. The number of thiophene rings is 1. The molecule has 0 aliphatic heterocycles. The Morgan fingerprint density at radius 2 is 0.889 bits per heavy atom. The molecule has 0 spiro atoms. The minimum absolute atomic E-state index is 0.910. The van der Waals surface area contributed by atoms with E-state index in [-0.39, 0.29) is 0 Å². The average Bonchev–Trinajstić information content (AvgIpc) is 3.79. The van der Waals surface area contributed by atoms with E-state index in [0.717, 1.165) is 21.9 Å². The van der Waals surface area contributed by atoms with Crippen LogP contribution in [0.4, 0.5) is 0 Å². The standard InChI is InChI=1S/C52H30OS/c1-2-11-32-26-34(21-20-31(32)10-1)33-12-9-13-36(27-33)50-39-15-3-5-17-41(39)51(42-18-6-4-16-40(42)50)37-23-25-47-45(29-37)46-28-35-22-24-43-38-14-7-8-19-49(38)54-52(43)44(35)30-48(46)53-47/h1-30H. The van der Waals surface area contributed by atoms with E-state index in [2.05, 4.69) is 182 Å². The third-order valence-electron chi connectivity index (χ3n) is 11.4. The maximum Gasteiger partial charge on any atom is 0.136 e. The van der Waals surface area contributed by atoms with Crippen LogP contribution in [-0.2, 0) is 0 Å². The van der Waals surface area contributed by atoms with Gasteiger partial charge in [0.1, 0.15) is 11.2 Å². The molecule has 12 aromatic rings. The van der Waals surface area contributed by atoms with Crippen molar-refractivity contribution in [2.45, 2.75) is 0 Å². The second-order valence-electron chi connectivity index (χ2n) is 14.4. The van der Waals surface area contributed by atoms with E-state index in [9.17, 15) is 0 Å². The van der Waals surface area contributed by atoms with E-state index in [1.807, 2.05) is 11.3 Å². The summed E-state index contributed by atoms with van der Waals surface area (Å²) in [6, 6.07) is 66.8. The quantitative estimate of drug-likeness (QED) is 0.167. The first-order chi connectivity index (χ1) is 26.7. The molecule has 12 rings (SSSR count). The summed E-state index contributed by atoms with van der Waals surface area (Å²) in [4.78, 5) is 0. The maximum absolute atomic E-state index is 6.60. The molecule has 2 heteroatoms. The molecule has 54 heavy (non-hydrogen) atoms. The highest BCUT2D eigenvalue weighted by molar-refractivity contribution is 7.26. The molecule has 10 aromatic carbocycles. The lowest BCUT2D eigenvalue weighted by molar-refractivity contribution is 0.669. The molecule has 0 bridgehead atoms. The molecular formula is C52H30OS. The summed E-state index contributed by atoms with van der Waals surface area (Å²) in [5.74, 6) is 0. The predicted octanol–water partition coefficient (Wildman–Crippen LogP) is 15.6. The van der Waals surface area contributed by atoms with Crippen molar-refractivity contribution in [2.75, 3.05) is 0 Å². The molecule has 0 saturated heterocycles. The normalized spacial score (nSPS) is 12.1.